The van der Waals surface area contributed by atoms with Gasteiger partial charge >= 0.3 is 0 Å². The van der Waals surface area contributed by atoms with E-state index in [1.807, 2.05) is 0 Å². The second-order valence-corrected chi connectivity index (χ2v) is 9.88. The number of sulfonamides is 1. The molecule has 35 heavy (non-hydrogen) atoms. The molecule has 0 bridgehead atoms. The normalized spacial score (nSPS) is 16.4. The summed E-state index contributed by atoms with van der Waals surface area (Å²) in [6, 6.07) is 18.3. The largest absolute Gasteiger partial charge is 0.489 e. The van der Waals surface area contributed by atoms with Crippen molar-refractivity contribution in [2.24, 2.45) is 0 Å². The first-order chi connectivity index (χ1) is 16.7. The zero-order chi connectivity index (χ0) is 25.2. The van der Waals surface area contributed by atoms with Crippen LogP contribution >= 0.6 is 12.8 Å². The molecule has 0 atom stereocenters. The second-order valence-electron chi connectivity index (χ2n) is 7.41. The molecule has 13 heteroatoms. The van der Waals surface area contributed by atoms with Gasteiger partial charge in [-0.2, -0.15) is 0 Å². The van der Waals surface area contributed by atoms with Crippen molar-refractivity contribution in [2.75, 3.05) is 11.6 Å². The molecule has 1 aliphatic heterocycles. The molecule has 0 saturated carbocycles. The zero-order valence-corrected chi connectivity index (χ0v) is 19.6. The molecule has 0 amide bonds. The molecule has 4 rings (SSSR count). The SMILES string of the molecule is O=[N+]([O-])c1ccc(N2C/C(=C/c3ccc(OCc4ccccc4[N+](=O)[O-])cc3)S(=O)(=O)N2S)cc1. The monoisotopic (exact) mass is 514 g/mol. The van der Waals surface area contributed by atoms with Crippen molar-refractivity contribution in [2.45, 2.75) is 6.61 Å². The van der Waals surface area contributed by atoms with Crippen LogP contribution in [0, 0.1) is 20.2 Å². The molecule has 1 fully saturated rings. The van der Waals surface area contributed by atoms with E-state index in [1.165, 1.54) is 41.4 Å². The Labute approximate surface area is 205 Å². The number of benzene rings is 3. The van der Waals surface area contributed by atoms with Gasteiger partial charge in [0.25, 0.3) is 21.4 Å². The van der Waals surface area contributed by atoms with Gasteiger partial charge in [-0.1, -0.05) is 40.9 Å². The highest BCUT2D eigenvalue weighted by molar-refractivity contribution is 8.02. The number of thiol groups is 1. The number of nitrogens with zero attached hydrogens (tertiary/aromatic N) is 4. The van der Waals surface area contributed by atoms with E-state index in [2.05, 4.69) is 12.8 Å². The van der Waals surface area contributed by atoms with Crippen molar-refractivity contribution in [1.29, 1.82) is 0 Å². The molecule has 0 aliphatic carbocycles. The van der Waals surface area contributed by atoms with Crippen LogP contribution in [0.2, 0.25) is 0 Å². The molecule has 3 aromatic rings. The second kappa shape index (κ2) is 9.74. The Bertz CT molecular complexity index is 1410. The molecule has 1 saturated heterocycles. The van der Waals surface area contributed by atoms with Crippen LogP contribution in [0.1, 0.15) is 11.1 Å². The number of non-ortho nitro benzene ring substituents is 1. The lowest BCUT2D eigenvalue weighted by Crippen LogP contribution is -2.31. The molecule has 1 aliphatic rings. The number of rotatable bonds is 7. The lowest BCUT2D eigenvalue weighted by Gasteiger charge is -2.21. The average Bonchev–Trinajstić information content (AvgIpc) is 3.07. The topological polar surface area (TPSA) is 136 Å². The van der Waals surface area contributed by atoms with Crippen LogP contribution in [-0.4, -0.2) is 28.6 Å². The van der Waals surface area contributed by atoms with E-state index in [4.69, 9.17) is 4.74 Å². The zero-order valence-electron chi connectivity index (χ0n) is 17.9. The molecule has 0 aromatic heterocycles. The van der Waals surface area contributed by atoms with Gasteiger partial charge in [0.2, 0.25) is 0 Å². The third kappa shape index (κ3) is 5.11. The average molecular weight is 515 g/mol. The Morgan fingerprint density at radius 3 is 2.23 bits per heavy atom. The van der Waals surface area contributed by atoms with Crippen LogP contribution in [0.25, 0.3) is 6.08 Å². The Balaban J connectivity index is 1.49. The number of hydrazine groups is 1. The Kier molecular flexibility index (Phi) is 6.73. The van der Waals surface area contributed by atoms with Crippen LogP contribution in [0.4, 0.5) is 17.1 Å². The van der Waals surface area contributed by atoms with E-state index in [0.717, 1.165) is 3.82 Å². The van der Waals surface area contributed by atoms with Gasteiger partial charge in [0.1, 0.15) is 12.4 Å². The number of ether oxygens (including phenoxy) is 1. The molecule has 0 N–H and O–H groups in total. The Hall–Kier alpha value is -3.94. The third-order valence-corrected chi connectivity index (χ3v) is 7.61. The first kappa shape index (κ1) is 24.2. The van der Waals surface area contributed by atoms with Crippen molar-refractivity contribution in [3.8, 4) is 5.75 Å². The third-order valence-electron chi connectivity index (χ3n) is 5.21. The minimum Gasteiger partial charge on any atom is -0.489 e. The maximum Gasteiger partial charge on any atom is 0.276 e. The van der Waals surface area contributed by atoms with E-state index in [0.29, 0.717) is 22.6 Å². The summed E-state index contributed by atoms with van der Waals surface area (Å²) in [4.78, 5) is 21.1. The number of hydrogen-bond donors (Lipinski definition) is 1. The number of para-hydroxylation sites is 1. The van der Waals surface area contributed by atoms with Crippen molar-refractivity contribution in [3.63, 3.8) is 0 Å². The van der Waals surface area contributed by atoms with E-state index < -0.39 is 19.9 Å². The van der Waals surface area contributed by atoms with Crippen molar-refractivity contribution in [3.05, 3.63) is 109 Å². The van der Waals surface area contributed by atoms with E-state index in [1.54, 1.807) is 42.5 Å². The van der Waals surface area contributed by atoms with E-state index in [9.17, 15) is 28.6 Å². The van der Waals surface area contributed by atoms with Crippen molar-refractivity contribution >= 4 is 46.0 Å². The Morgan fingerprint density at radius 2 is 1.60 bits per heavy atom. The highest BCUT2D eigenvalue weighted by Gasteiger charge is 2.39. The summed E-state index contributed by atoms with van der Waals surface area (Å²) in [6.45, 7) is -0.00957. The smallest absolute Gasteiger partial charge is 0.276 e. The molecule has 180 valence electrons. The van der Waals surface area contributed by atoms with Crippen molar-refractivity contribution in [1.82, 2.24) is 3.82 Å². The lowest BCUT2D eigenvalue weighted by molar-refractivity contribution is -0.385. The first-order valence-corrected chi connectivity index (χ1v) is 11.9. The van der Waals surface area contributed by atoms with Gasteiger partial charge in [0.15, 0.2) is 0 Å². The molecule has 11 nitrogen and oxygen atoms in total. The minimum atomic E-state index is -3.90. The quantitative estimate of drug-likeness (QED) is 0.279. The van der Waals surface area contributed by atoms with Crippen molar-refractivity contribution < 1.29 is 23.0 Å². The molecule has 0 radical (unpaired) electrons. The van der Waals surface area contributed by atoms with Crippen LogP contribution < -0.4 is 9.75 Å². The highest BCUT2D eigenvalue weighted by atomic mass is 32.3. The molecule has 3 aromatic carbocycles. The van der Waals surface area contributed by atoms with Crippen LogP contribution in [-0.2, 0) is 16.6 Å². The van der Waals surface area contributed by atoms with Gasteiger partial charge < -0.3 is 4.74 Å². The predicted molar refractivity (Wildman–Crippen MR) is 132 cm³/mol. The van der Waals surface area contributed by atoms with Crippen LogP contribution in [0.3, 0.4) is 0 Å². The van der Waals surface area contributed by atoms with Gasteiger partial charge in [-0.3, -0.25) is 25.2 Å². The predicted octanol–water partition coefficient (Wildman–Crippen LogP) is 4.33. The van der Waals surface area contributed by atoms with Crippen LogP contribution in [0.5, 0.6) is 5.75 Å². The Morgan fingerprint density at radius 1 is 0.943 bits per heavy atom. The molecule has 0 unspecified atom stereocenters. The maximum absolute atomic E-state index is 12.8. The van der Waals surface area contributed by atoms with Gasteiger partial charge in [-0.05, 0) is 42.0 Å². The standard InChI is InChI=1S/C22H18N4O7S2/c27-24(28)19-9-7-18(8-10-19)23-14-21(35(31,32)26(23)34)13-16-5-11-20(12-6-16)33-15-17-3-1-2-4-22(17)25(29)30/h1-13,34H,14-15H2/b21-13-. The van der Waals surface area contributed by atoms with Gasteiger partial charge in [-0.25, -0.2) is 8.42 Å². The summed E-state index contributed by atoms with van der Waals surface area (Å²) in [7, 11) is -3.90. The summed E-state index contributed by atoms with van der Waals surface area (Å²) in [5, 5.41) is 23.4. The summed E-state index contributed by atoms with van der Waals surface area (Å²) in [6.07, 6.45) is 1.50. The van der Waals surface area contributed by atoms with E-state index in [-0.39, 0.29) is 29.4 Å². The molecule has 0 spiro atoms. The summed E-state index contributed by atoms with van der Waals surface area (Å²) >= 11 is 4.10. The number of hydrogen-bond acceptors (Lipinski definition) is 9. The summed E-state index contributed by atoms with van der Waals surface area (Å²) in [5.74, 6) is 0.461. The molecular formula is C22H18N4O7S2. The fourth-order valence-electron chi connectivity index (χ4n) is 3.40. The van der Waals surface area contributed by atoms with Crippen LogP contribution in [0.15, 0.2) is 77.7 Å². The maximum atomic E-state index is 12.8. The highest BCUT2D eigenvalue weighted by Crippen LogP contribution is 2.34. The lowest BCUT2D eigenvalue weighted by atomic mass is 10.2. The van der Waals surface area contributed by atoms with Gasteiger partial charge in [0.05, 0.1) is 32.5 Å². The molecule has 1 heterocycles. The van der Waals surface area contributed by atoms with Gasteiger partial charge in [-0.15, -0.1) is 0 Å². The number of nitro groups is 2. The van der Waals surface area contributed by atoms with Gasteiger partial charge in [0, 0.05) is 18.2 Å². The van der Waals surface area contributed by atoms with E-state index >= 15 is 0 Å². The number of nitro benzene ring substituents is 2. The summed E-state index contributed by atoms with van der Waals surface area (Å²) < 4.78 is 32.1. The fraction of sp³-hybridized carbons (Fsp3) is 0.0909. The first-order valence-electron chi connectivity index (χ1n) is 10.1. The molecular weight excluding hydrogens is 496 g/mol. The summed E-state index contributed by atoms with van der Waals surface area (Å²) in [5.41, 5.74) is 1.31. The number of anilines is 1. The minimum absolute atomic E-state index is 0.00474. The fourth-order valence-corrected chi connectivity index (χ4v) is 5.07.